The molecule has 0 aliphatic heterocycles. The molecule has 0 saturated heterocycles. The number of anilines is 1. The van der Waals surface area contributed by atoms with Crippen molar-refractivity contribution in [3.05, 3.63) is 87.3 Å². The molecule has 2 aromatic carbocycles. The maximum absolute atomic E-state index is 11.5. The number of allylic oxidation sites excluding steroid dienone is 3. The molecule has 0 saturated carbocycles. The van der Waals surface area contributed by atoms with Gasteiger partial charge < -0.3 is 21.3 Å². The first kappa shape index (κ1) is 27.7. The number of carbonyl (C=O) groups is 1. The molecule has 0 spiro atoms. The fourth-order valence-electron chi connectivity index (χ4n) is 4.89. The highest BCUT2D eigenvalue weighted by molar-refractivity contribution is 7.99. The topological polar surface area (TPSA) is 75.6 Å². The Bertz CT molecular complexity index is 1110. The first-order valence-corrected chi connectivity index (χ1v) is 13.9. The molecule has 6 heteroatoms. The summed E-state index contributed by atoms with van der Waals surface area (Å²) in [5, 5.41) is -0.171. The molecule has 4 N–H and O–H groups in total. The van der Waals surface area contributed by atoms with Gasteiger partial charge in [-0.05, 0) is 86.1 Å². The number of hydrogen-bond donors (Lipinski definition) is 2. The van der Waals surface area contributed by atoms with Gasteiger partial charge in [-0.15, -0.1) is 0 Å². The molecule has 2 aromatic rings. The van der Waals surface area contributed by atoms with Crippen LogP contribution in [0.5, 0.6) is 0 Å². The van der Waals surface area contributed by atoms with Crippen LogP contribution in [-0.4, -0.2) is 54.9 Å². The van der Waals surface area contributed by atoms with E-state index in [-0.39, 0.29) is 11.2 Å². The molecule has 0 bridgehead atoms. The number of aryl methyl sites for hydroxylation is 2. The lowest BCUT2D eigenvalue weighted by Crippen LogP contribution is -2.27. The minimum Gasteiger partial charge on any atom is -0.398 e. The predicted molar refractivity (Wildman–Crippen MR) is 155 cm³/mol. The van der Waals surface area contributed by atoms with Crippen LogP contribution in [0.3, 0.4) is 0 Å². The van der Waals surface area contributed by atoms with E-state index in [1.807, 2.05) is 6.26 Å². The Morgan fingerprint density at radius 1 is 1.00 bits per heavy atom. The summed E-state index contributed by atoms with van der Waals surface area (Å²) in [6, 6.07) is 13.1. The molecular weight excluding hydrogens is 464 g/mol. The summed E-state index contributed by atoms with van der Waals surface area (Å²) < 4.78 is 0. The van der Waals surface area contributed by atoms with Crippen LogP contribution >= 0.6 is 11.8 Å². The monoisotopic (exact) mass is 506 g/mol. The number of benzene rings is 2. The van der Waals surface area contributed by atoms with Crippen molar-refractivity contribution in [2.45, 2.75) is 51.2 Å². The molecule has 36 heavy (non-hydrogen) atoms. The minimum absolute atomic E-state index is 0.171. The molecule has 0 heterocycles. The molecule has 1 atom stereocenters. The zero-order valence-electron chi connectivity index (χ0n) is 22.7. The molecular formula is C30H42N4OS. The number of primary amides is 1. The van der Waals surface area contributed by atoms with E-state index in [1.165, 1.54) is 39.9 Å². The molecule has 0 radical (unpaired) electrons. The van der Waals surface area contributed by atoms with Gasteiger partial charge in [0.1, 0.15) is 0 Å². The summed E-state index contributed by atoms with van der Waals surface area (Å²) in [5.74, 6) is -0.249. The maximum atomic E-state index is 11.5. The van der Waals surface area contributed by atoms with Gasteiger partial charge >= 0.3 is 0 Å². The Morgan fingerprint density at radius 2 is 1.61 bits per heavy atom. The van der Waals surface area contributed by atoms with Gasteiger partial charge in [-0.25, -0.2) is 0 Å². The Kier molecular flexibility index (Phi) is 9.55. The van der Waals surface area contributed by atoms with E-state index in [0.29, 0.717) is 6.42 Å². The van der Waals surface area contributed by atoms with Crippen LogP contribution in [0.1, 0.15) is 40.7 Å². The third-order valence-corrected chi connectivity index (χ3v) is 8.10. The fraction of sp³-hybridized carbons (Fsp3) is 0.433. The van der Waals surface area contributed by atoms with Crippen molar-refractivity contribution in [1.29, 1.82) is 0 Å². The van der Waals surface area contributed by atoms with Crippen molar-refractivity contribution in [3.63, 3.8) is 0 Å². The van der Waals surface area contributed by atoms with Crippen molar-refractivity contribution >= 4 is 23.4 Å². The van der Waals surface area contributed by atoms with E-state index in [2.05, 4.69) is 87.3 Å². The first-order valence-electron chi connectivity index (χ1n) is 12.7. The molecule has 1 aliphatic rings. The average Bonchev–Trinajstić information content (AvgIpc) is 2.84. The molecule has 0 fully saturated rings. The number of nitrogens with zero attached hydrogens (tertiary/aromatic N) is 2. The zero-order chi connectivity index (χ0) is 26.4. The Hall–Kier alpha value is -2.86. The van der Waals surface area contributed by atoms with Gasteiger partial charge in [0.15, 0.2) is 0 Å². The third kappa shape index (κ3) is 7.10. The lowest BCUT2D eigenvalue weighted by Gasteiger charge is -2.32. The molecule has 194 valence electrons. The van der Waals surface area contributed by atoms with Crippen LogP contribution in [0.2, 0.25) is 0 Å². The lowest BCUT2D eigenvalue weighted by molar-refractivity contribution is -0.117. The van der Waals surface area contributed by atoms with Gasteiger partial charge in [0.25, 0.3) is 0 Å². The molecule has 5 nitrogen and oxygen atoms in total. The van der Waals surface area contributed by atoms with Crippen molar-refractivity contribution in [2.24, 2.45) is 5.73 Å². The molecule has 1 amide bonds. The van der Waals surface area contributed by atoms with Gasteiger partial charge in [0.05, 0.1) is 10.9 Å². The van der Waals surface area contributed by atoms with E-state index < -0.39 is 0 Å². The fourth-order valence-corrected chi connectivity index (χ4v) is 5.48. The summed E-state index contributed by atoms with van der Waals surface area (Å²) in [7, 11) is 6.47. The van der Waals surface area contributed by atoms with E-state index in [1.54, 1.807) is 0 Å². The SMILES string of the molecule is CSC(Cc1ccc(CCN(C)C2=C(N(C)C)C=C(Cc3cc(C)c(N)c(C)c3)CC2)cc1)C(N)=O. The summed E-state index contributed by atoms with van der Waals surface area (Å²) in [5.41, 5.74) is 22.8. The van der Waals surface area contributed by atoms with Crippen molar-refractivity contribution in [2.75, 3.05) is 39.7 Å². The highest BCUT2D eigenvalue weighted by atomic mass is 32.2. The number of carbonyl (C=O) groups excluding carboxylic acids is 1. The first-order chi connectivity index (χ1) is 17.1. The summed E-state index contributed by atoms with van der Waals surface area (Å²) >= 11 is 1.51. The Morgan fingerprint density at radius 3 is 2.17 bits per heavy atom. The Labute approximate surface area is 221 Å². The maximum Gasteiger partial charge on any atom is 0.230 e. The van der Waals surface area contributed by atoms with E-state index in [4.69, 9.17) is 11.5 Å². The molecule has 1 aliphatic carbocycles. The Balaban J connectivity index is 1.67. The number of likely N-dealkylation sites (N-methyl/N-ethyl adjacent to an activating group) is 2. The number of nitrogen functional groups attached to an aromatic ring is 1. The second-order valence-electron chi connectivity index (χ2n) is 10.2. The number of nitrogens with two attached hydrogens (primary N) is 2. The van der Waals surface area contributed by atoms with Crippen LogP contribution < -0.4 is 11.5 Å². The lowest BCUT2D eigenvalue weighted by atomic mass is 9.92. The van der Waals surface area contributed by atoms with Crippen LogP contribution in [0.25, 0.3) is 0 Å². The zero-order valence-corrected chi connectivity index (χ0v) is 23.5. The standard InChI is InChI=1S/C30H42N4OS/c1-20-15-25(16-21(2)29(20)31)17-24-11-12-26(27(18-24)33(3)4)34(5)14-13-22-7-9-23(10-8-22)19-28(36-6)30(32)35/h7-10,15-16,18,28H,11-14,17,19,31H2,1-6H3,(H2,32,35). The van der Waals surface area contributed by atoms with E-state index in [9.17, 15) is 4.79 Å². The number of amides is 1. The smallest absolute Gasteiger partial charge is 0.230 e. The quantitative estimate of drug-likeness (QED) is 0.426. The van der Waals surface area contributed by atoms with E-state index in [0.717, 1.165) is 54.6 Å². The van der Waals surface area contributed by atoms with Gasteiger partial charge in [-0.3, -0.25) is 4.79 Å². The van der Waals surface area contributed by atoms with Crippen LogP contribution in [0, 0.1) is 13.8 Å². The summed E-state index contributed by atoms with van der Waals surface area (Å²) in [6.45, 7) is 5.14. The normalized spacial score (nSPS) is 14.4. The second-order valence-corrected chi connectivity index (χ2v) is 11.2. The number of rotatable bonds is 11. The largest absolute Gasteiger partial charge is 0.398 e. The average molecular weight is 507 g/mol. The van der Waals surface area contributed by atoms with Gasteiger partial charge in [0, 0.05) is 39.1 Å². The molecule has 1 unspecified atom stereocenters. The molecule has 3 rings (SSSR count). The van der Waals surface area contributed by atoms with Crippen molar-refractivity contribution in [3.8, 4) is 0 Å². The summed E-state index contributed by atoms with van der Waals surface area (Å²) in [4.78, 5) is 16.2. The van der Waals surface area contributed by atoms with E-state index >= 15 is 0 Å². The van der Waals surface area contributed by atoms with Gasteiger partial charge in [-0.1, -0.05) is 42.0 Å². The second kappa shape index (κ2) is 12.4. The third-order valence-electron chi connectivity index (χ3n) is 7.13. The van der Waals surface area contributed by atoms with Gasteiger partial charge in [-0.2, -0.15) is 11.8 Å². The minimum atomic E-state index is -0.249. The summed E-state index contributed by atoms with van der Waals surface area (Å²) in [6.07, 6.45) is 9.06. The molecule has 0 aromatic heterocycles. The number of thioether (sulfide) groups is 1. The number of hydrogen-bond acceptors (Lipinski definition) is 5. The highest BCUT2D eigenvalue weighted by Crippen LogP contribution is 2.30. The van der Waals surface area contributed by atoms with Crippen LogP contribution in [0.4, 0.5) is 5.69 Å². The van der Waals surface area contributed by atoms with Crippen molar-refractivity contribution < 1.29 is 4.79 Å². The van der Waals surface area contributed by atoms with Crippen molar-refractivity contribution in [1.82, 2.24) is 9.80 Å². The van der Waals surface area contributed by atoms with Crippen LogP contribution in [0.15, 0.2) is 59.4 Å². The predicted octanol–water partition coefficient (Wildman–Crippen LogP) is 4.86. The highest BCUT2D eigenvalue weighted by Gasteiger charge is 2.19. The van der Waals surface area contributed by atoms with Crippen LogP contribution in [-0.2, 0) is 24.1 Å². The van der Waals surface area contributed by atoms with Gasteiger partial charge in [0.2, 0.25) is 5.91 Å².